The number of nitrogens with one attached hydrogen (secondary N) is 1. The van der Waals surface area contributed by atoms with Crippen LogP contribution in [0.5, 0.6) is 0 Å². The minimum absolute atomic E-state index is 0.439. The van der Waals surface area contributed by atoms with E-state index >= 15 is 0 Å². The average Bonchev–Trinajstić information content (AvgIpc) is 1.88. The molecule has 0 spiro atoms. The van der Waals surface area contributed by atoms with Crippen LogP contribution in [0.2, 0.25) is 0 Å². The van der Waals surface area contributed by atoms with Crippen LogP contribution >= 0.6 is 0 Å². The summed E-state index contributed by atoms with van der Waals surface area (Å²) in [5.41, 5.74) is 5.82. The second-order valence-corrected chi connectivity index (χ2v) is 3.59. The van der Waals surface area contributed by atoms with Gasteiger partial charge in [0.2, 0.25) is 0 Å². The molecule has 0 radical (unpaired) electrons. The Morgan fingerprint density at radius 2 is 2.20 bits per heavy atom. The summed E-state index contributed by atoms with van der Waals surface area (Å²) in [4.78, 5) is 0. The monoisotopic (exact) mass is 142 g/mol. The average molecular weight is 142 g/mol. The first kappa shape index (κ1) is 8.02. The normalized spacial score (nSPS) is 34.8. The molecule has 1 heterocycles. The Morgan fingerprint density at radius 1 is 1.50 bits per heavy atom. The third-order valence-corrected chi connectivity index (χ3v) is 2.28. The molecule has 10 heavy (non-hydrogen) atoms. The Hall–Kier alpha value is -0.0800. The zero-order valence-electron chi connectivity index (χ0n) is 6.93. The highest BCUT2D eigenvalue weighted by Crippen LogP contribution is 2.13. The van der Waals surface area contributed by atoms with Crippen molar-refractivity contribution in [3.63, 3.8) is 0 Å². The minimum atomic E-state index is 0.439. The number of nitrogens with two attached hydrogens (primary N) is 1. The predicted octanol–water partition coefficient (Wildman–Crippen LogP) is 0.722. The van der Waals surface area contributed by atoms with E-state index in [9.17, 15) is 0 Å². The van der Waals surface area contributed by atoms with Gasteiger partial charge in [0.05, 0.1) is 0 Å². The van der Waals surface area contributed by atoms with Gasteiger partial charge in [-0.3, -0.25) is 0 Å². The van der Waals surface area contributed by atoms with Crippen LogP contribution in [-0.2, 0) is 0 Å². The standard InChI is InChI=1S/C8H18N2/c1-6(2)8-5-7(9)3-4-10-8/h6-8,10H,3-5,9H2,1-2H3/t7-,8+/m1/s1. The molecule has 1 saturated heterocycles. The number of piperidine rings is 1. The highest BCUT2D eigenvalue weighted by Gasteiger charge is 2.20. The first-order valence-corrected chi connectivity index (χ1v) is 4.19. The third-order valence-electron chi connectivity index (χ3n) is 2.28. The van der Waals surface area contributed by atoms with Crippen LogP contribution in [-0.4, -0.2) is 18.6 Å². The second-order valence-electron chi connectivity index (χ2n) is 3.59. The fraction of sp³-hybridized carbons (Fsp3) is 1.00. The Morgan fingerprint density at radius 3 is 2.60 bits per heavy atom. The van der Waals surface area contributed by atoms with Gasteiger partial charge in [-0.05, 0) is 25.3 Å². The summed E-state index contributed by atoms with van der Waals surface area (Å²) in [6.07, 6.45) is 2.29. The Kier molecular flexibility index (Phi) is 2.69. The lowest BCUT2D eigenvalue weighted by Gasteiger charge is -2.30. The van der Waals surface area contributed by atoms with Crippen LogP contribution in [0.3, 0.4) is 0 Å². The van der Waals surface area contributed by atoms with Crippen LogP contribution < -0.4 is 11.1 Å². The lowest BCUT2D eigenvalue weighted by Crippen LogP contribution is -2.46. The molecule has 60 valence electrons. The van der Waals surface area contributed by atoms with E-state index in [4.69, 9.17) is 5.73 Å². The molecule has 0 aromatic heterocycles. The molecule has 1 rings (SSSR count). The topological polar surface area (TPSA) is 38.0 Å². The van der Waals surface area contributed by atoms with E-state index in [-0.39, 0.29) is 0 Å². The van der Waals surface area contributed by atoms with Crippen molar-refractivity contribution in [3.05, 3.63) is 0 Å². The van der Waals surface area contributed by atoms with E-state index in [0.29, 0.717) is 12.1 Å². The van der Waals surface area contributed by atoms with Crippen molar-refractivity contribution in [1.29, 1.82) is 0 Å². The zero-order valence-corrected chi connectivity index (χ0v) is 6.93. The summed E-state index contributed by atoms with van der Waals surface area (Å²) in [6.45, 7) is 5.59. The lowest BCUT2D eigenvalue weighted by molar-refractivity contribution is 0.300. The summed E-state index contributed by atoms with van der Waals surface area (Å²) in [6, 6.07) is 1.09. The lowest BCUT2D eigenvalue weighted by atomic mass is 9.92. The van der Waals surface area contributed by atoms with E-state index in [1.165, 1.54) is 0 Å². The number of hydrogen-bond donors (Lipinski definition) is 2. The van der Waals surface area contributed by atoms with Crippen LogP contribution in [0.4, 0.5) is 0 Å². The second kappa shape index (κ2) is 3.35. The first-order valence-electron chi connectivity index (χ1n) is 4.19. The van der Waals surface area contributed by atoms with E-state index in [1.807, 2.05) is 0 Å². The van der Waals surface area contributed by atoms with Gasteiger partial charge < -0.3 is 11.1 Å². The van der Waals surface area contributed by atoms with E-state index in [1.54, 1.807) is 0 Å². The van der Waals surface area contributed by atoms with Gasteiger partial charge in [0.1, 0.15) is 0 Å². The largest absolute Gasteiger partial charge is 0.328 e. The summed E-state index contributed by atoms with van der Waals surface area (Å²) < 4.78 is 0. The quantitative estimate of drug-likeness (QED) is 0.566. The maximum Gasteiger partial charge on any atom is 0.0105 e. The highest BCUT2D eigenvalue weighted by molar-refractivity contribution is 4.81. The van der Waals surface area contributed by atoms with Crippen molar-refractivity contribution >= 4 is 0 Å². The molecule has 0 aliphatic carbocycles. The van der Waals surface area contributed by atoms with Gasteiger partial charge in [-0.2, -0.15) is 0 Å². The van der Waals surface area contributed by atoms with Crippen molar-refractivity contribution in [1.82, 2.24) is 5.32 Å². The summed E-state index contributed by atoms with van der Waals surface area (Å²) in [5.74, 6) is 0.728. The van der Waals surface area contributed by atoms with E-state index in [0.717, 1.165) is 25.3 Å². The fourth-order valence-electron chi connectivity index (χ4n) is 1.49. The van der Waals surface area contributed by atoms with Crippen molar-refractivity contribution in [3.8, 4) is 0 Å². The maximum absolute atomic E-state index is 5.82. The molecule has 3 N–H and O–H groups in total. The molecule has 0 amide bonds. The van der Waals surface area contributed by atoms with Gasteiger partial charge in [0.15, 0.2) is 0 Å². The predicted molar refractivity (Wildman–Crippen MR) is 43.8 cm³/mol. The Bertz CT molecular complexity index is 101. The molecule has 2 nitrogen and oxygen atoms in total. The third kappa shape index (κ3) is 1.96. The summed E-state index contributed by atoms with van der Waals surface area (Å²) in [7, 11) is 0. The molecular weight excluding hydrogens is 124 g/mol. The SMILES string of the molecule is CC(C)[C@@H]1C[C@H](N)CCN1. The molecule has 0 saturated carbocycles. The van der Waals surface area contributed by atoms with Gasteiger partial charge in [-0.1, -0.05) is 13.8 Å². The molecule has 1 aliphatic rings. The Balaban J connectivity index is 2.32. The highest BCUT2D eigenvalue weighted by atomic mass is 14.9. The molecule has 2 heteroatoms. The molecule has 0 aromatic rings. The van der Waals surface area contributed by atoms with Crippen LogP contribution in [0, 0.1) is 5.92 Å². The number of hydrogen-bond acceptors (Lipinski definition) is 2. The molecule has 2 atom stereocenters. The van der Waals surface area contributed by atoms with Gasteiger partial charge in [0, 0.05) is 12.1 Å². The summed E-state index contributed by atoms with van der Waals surface area (Å²) >= 11 is 0. The van der Waals surface area contributed by atoms with E-state index in [2.05, 4.69) is 19.2 Å². The molecule has 0 aromatic carbocycles. The Labute approximate surface area is 63.2 Å². The van der Waals surface area contributed by atoms with Crippen LogP contribution in [0.25, 0.3) is 0 Å². The maximum atomic E-state index is 5.82. The molecular formula is C8H18N2. The molecule has 1 aliphatic heterocycles. The first-order chi connectivity index (χ1) is 4.70. The number of rotatable bonds is 1. The molecule has 0 bridgehead atoms. The van der Waals surface area contributed by atoms with Crippen LogP contribution in [0.15, 0.2) is 0 Å². The molecule has 1 fully saturated rings. The zero-order chi connectivity index (χ0) is 7.56. The van der Waals surface area contributed by atoms with Crippen molar-refractivity contribution in [2.45, 2.75) is 38.8 Å². The van der Waals surface area contributed by atoms with Crippen molar-refractivity contribution in [2.24, 2.45) is 11.7 Å². The minimum Gasteiger partial charge on any atom is -0.328 e. The fourth-order valence-corrected chi connectivity index (χ4v) is 1.49. The smallest absolute Gasteiger partial charge is 0.0105 e. The van der Waals surface area contributed by atoms with Gasteiger partial charge in [0.25, 0.3) is 0 Å². The van der Waals surface area contributed by atoms with Crippen LogP contribution in [0.1, 0.15) is 26.7 Å². The van der Waals surface area contributed by atoms with Crippen molar-refractivity contribution < 1.29 is 0 Å². The van der Waals surface area contributed by atoms with Gasteiger partial charge >= 0.3 is 0 Å². The van der Waals surface area contributed by atoms with Gasteiger partial charge in [-0.25, -0.2) is 0 Å². The van der Waals surface area contributed by atoms with Crippen molar-refractivity contribution in [2.75, 3.05) is 6.54 Å². The summed E-state index contributed by atoms with van der Waals surface area (Å²) in [5, 5.41) is 3.47. The van der Waals surface area contributed by atoms with E-state index < -0.39 is 0 Å². The molecule has 0 unspecified atom stereocenters. The van der Waals surface area contributed by atoms with Gasteiger partial charge in [-0.15, -0.1) is 0 Å².